The number of likely N-dealkylation sites (N-methyl/N-ethyl adjacent to an activating group) is 1. The number of nitrogens with two attached hydrogens (primary N) is 1. The number of carbonyl (C=O) groups is 2. The van der Waals surface area contributed by atoms with Crippen LogP contribution in [0, 0.1) is 0 Å². The van der Waals surface area contributed by atoms with E-state index in [1.807, 2.05) is 4.90 Å². The molecule has 3 aromatic rings. The lowest BCUT2D eigenvalue weighted by Gasteiger charge is -2.36. The van der Waals surface area contributed by atoms with Crippen molar-refractivity contribution in [2.24, 2.45) is 5.73 Å². The molecule has 0 aliphatic carbocycles. The molecule has 1 aromatic carbocycles. The molecule has 37 heavy (non-hydrogen) atoms. The second-order valence-electron chi connectivity index (χ2n) is 9.41. The lowest BCUT2D eigenvalue weighted by Crippen LogP contribution is -2.47. The summed E-state index contributed by atoms with van der Waals surface area (Å²) in [5.41, 5.74) is 6.27. The summed E-state index contributed by atoms with van der Waals surface area (Å²) in [7, 11) is 1.78. The van der Waals surface area contributed by atoms with Crippen molar-refractivity contribution in [3.05, 3.63) is 41.7 Å². The molecule has 2 fully saturated rings. The SMILES string of the molecule is CN(C(=O)CN1CC1Cn1nnc2ccc(C(N)=O)cc21)C1CCN(c2ncc(C(F)(F)F)cn2)CC1. The maximum Gasteiger partial charge on any atom is 0.419 e. The smallest absolute Gasteiger partial charge is 0.366 e. The van der Waals surface area contributed by atoms with Crippen LogP contribution in [-0.4, -0.2) is 91.9 Å². The van der Waals surface area contributed by atoms with Gasteiger partial charge < -0.3 is 15.5 Å². The molecule has 0 radical (unpaired) electrons. The van der Waals surface area contributed by atoms with Crippen molar-refractivity contribution in [1.29, 1.82) is 0 Å². The number of nitrogens with zero attached hydrogens (tertiary/aromatic N) is 8. The summed E-state index contributed by atoms with van der Waals surface area (Å²) in [5, 5.41) is 8.29. The van der Waals surface area contributed by atoms with Gasteiger partial charge in [0.15, 0.2) is 0 Å². The minimum Gasteiger partial charge on any atom is -0.366 e. The zero-order valence-corrected chi connectivity index (χ0v) is 20.1. The van der Waals surface area contributed by atoms with E-state index in [2.05, 4.69) is 25.2 Å². The number of benzene rings is 1. The standard InChI is InChI=1S/C23H26F3N9O2/c1-32(16-4-6-33(7-5-16)22-28-9-15(10-29-22)23(24,25)26)20(36)13-34-11-17(34)12-35-19-8-14(21(27)37)2-3-18(19)30-31-35/h2-3,8-10,16-17H,4-7,11-13H2,1H3,(H2,27,37). The summed E-state index contributed by atoms with van der Waals surface area (Å²) in [6.45, 7) is 2.67. The van der Waals surface area contributed by atoms with Gasteiger partial charge in [0.25, 0.3) is 0 Å². The molecule has 2 aromatic heterocycles. The Morgan fingerprint density at radius 2 is 1.86 bits per heavy atom. The van der Waals surface area contributed by atoms with Crippen molar-refractivity contribution < 1.29 is 22.8 Å². The van der Waals surface area contributed by atoms with Crippen molar-refractivity contribution in [2.75, 3.05) is 38.1 Å². The predicted molar refractivity (Wildman–Crippen MR) is 126 cm³/mol. The molecule has 196 valence electrons. The number of halogens is 3. The van der Waals surface area contributed by atoms with Crippen molar-refractivity contribution in [3.63, 3.8) is 0 Å². The normalized spacial score (nSPS) is 20.3. The topological polar surface area (TPSA) is 126 Å². The molecule has 2 amide bonds. The molecule has 2 aliphatic heterocycles. The van der Waals surface area contributed by atoms with E-state index in [-0.39, 0.29) is 30.5 Å². The molecule has 2 N–H and O–H groups in total. The van der Waals surface area contributed by atoms with Gasteiger partial charge in [-0.25, -0.2) is 14.6 Å². The number of carbonyl (C=O) groups excluding carboxylic acids is 2. The number of aromatic nitrogens is 5. The lowest BCUT2D eigenvalue weighted by molar-refractivity contribution is -0.138. The number of fused-ring (bicyclic) bond motifs is 1. The van der Waals surface area contributed by atoms with Crippen molar-refractivity contribution in [3.8, 4) is 0 Å². The maximum absolute atomic E-state index is 12.9. The van der Waals surface area contributed by atoms with Crippen LogP contribution in [-0.2, 0) is 17.5 Å². The Morgan fingerprint density at radius 3 is 2.51 bits per heavy atom. The van der Waals surface area contributed by atoms with E-state index in [0.717, 1.165) is 24.5 Å². The largest absolute Gasteiger partial charge is 0.419 e. The number of alkyl halides is 3. The van der Waals surface area contributed by atoms with Crippen molar-refractivity contribution in [2.45, 2.75) is 37.6 Å². The molecule has 5 rings (SSSR count). The summed E-state index contributed by atoms with van der Waals surface area (Å²) >= 11 is 0. The first-order valence-electron chi connectivity index (χ1n) is 11.9. The fourth-order valence-electron chi connectivity index (χ4n) is 4.62. The van der Waals surface area contributed by atoms with Gasteiger partial charge >= 0.3 is 6.18 Å². The van der Waals surface area contributed by atoms with Gasteiger partial charge in [-0.15, -0.1) is 5.10 Å². The fourth-order valence-corrected chi connectivity index (χ4v) is 4.62. The summed E-state index contributed by atoms with van der Waals surface area (Å²) < 4.78 is 39.9. The van der Waals surface area contributed by atoms with Gasteiger partial charge in [-0.1, -0.05) is 5.21 Å². The Morgan fingerprint density at radius 1 is 1.16 bits per heavy atom. The third-order valence-corrected chi connectivity index (χ3v) is 7.00. The average Bonchev–Trinajstić information content (AvgIpc) is 3.48. The van der Waals surface area contributed by atoms with Gasteiger partial charge in [0.1, 0.15) is 5.52 Å². The number of hydrogen-bond donors (Lipinski definition) is 1. The summed E-state index contributed by atoms with van der Waals surface area (Å²) in [6.07, 6.45) is -1.54. The van der Waals surface area contributed by atoms with E-state index in [0.29, 0.717) is 43.6 Å². The van der Waals surface area contributed by atoms with Crippen LogP contribution in [0.5, 0.6) is 0 Å². The first kappa shape index (κ1) is 24.9. The lowest BCUT2D eigenvalue weighted by atomic mass is 10.0. The second kappa shape index (κ2) is 9.57. The number of hydrogen-bond acceptors (Lipinski definition) is 8. The first-order chi connectivity index (χ1) is 17.6. The molecular weight excluding hydrogens is 491 g/mol. The van der Waals surface area contributed by atoms with Crippen molar-refractivity contribution >= 4 is 28.8 Å². The van der Waals surface area contributed by atoms with Gasteiger partial charge in [-0.2, -0.15) is 13.2 Å². The Hall–Kier alpha value is -3.81. The maximum atomic E-state index is 12.9. The minimum atomic E-state index is -4.47. The van der Waals surface area contributed by atoms with Crippen LogP contribution < -0.4 is 10.6 Å². The summed E-state index contributed by atoms with van der Waals surface area (Å²) in [6, 6.07) is 5.16. The first-order valence-corrected chi connectivity index (χ1v) is 11.9. The Labute approximate surface area is 210 Å². The summed E-state index contributed by atoms with van der Waals surface area (Å²) in [4.78, 5) is 37.8. The van der Waals surface area contributed by atoms with Gasteiger partial charge in [-0.05, 0) is 31.0 Å². The van der Waals surface area contributed by atoms with E-state index >= 15 is 0 Å². The Bertz CT molecular complexity index is 1300. The molecule has 0 bridgehead atoms. The zero-order chi connectivity index (χ0) is 26.3. The minimum absolute atomic E-state index is 0.00573. The third kappa shape index (κ3) is 5.33. The Balaban J connectivity index is 1.11. The van der Waals surface area contributed by atoms with Crippen LogP contribution in [0.4, 0.5) is 19.1 Å². The highest BCUT2D eigenvalue weighted by Gasteiger charge is 2.38. The summed E-state index contributed by atoms with van der Waals surface area (Å²) in [5.74, 6) is -0.254. The van der Waals surface area contributed by atoms with Crippen LogP contribution in [0.25, 0.3) is 11.0 Å². The molecule has 11 nitrogen and oxygen atoms in total. The third-order valence-electron chi connectivity index (χ3n) is 7.00. The van der Waals surface area contributed by atoms with Gasteiger partial charge in [0, 0.05) is 56.7 Å². The second-order valence-corrected chi connectivity index (χ2v) is 9.41. The van der Waals surface area contributed by atoms with E-state index in [1.54, 1.807) is 34.8 Å². The molecule has 14 heteroatoms. The number of primary amides is 1. The van der Waals surface area contributed by atoms with Gasteiger partial charge in [0.05, 0.1) is 24.2 Å². The van der Waals surface area contributed by atoms with E-state index in [1.165, 1.54) is 0 Å². The number of rotatable bonds is 7. The highest BCUT2D eigenvalue weighted by Crippen LogP contribution is 2.29. The molecular formula is C23H26F3N9O2. The van der Waals surface area contributed by atoms with Gasteiger partial charge in [0.2, 0.25) is 17.8 Å². The number of piperidine rings is 1. The fraction of sp³-hybridized carbons (Fsp3) is 0.478. The molecule has 0 saturated carbocycles. The molecule has 2 atom stereocenters. The monoisotopic (exact) mass is 517 g/mol. The molecule has 0 spiro atoms. The van der Waals surface area contributed by atoms with Crippen LogP contribution in [0.1, 0.15) is 28.8 Å². The zero-order valence-electron chi connectivity index (χ0n) is 20.1. The highest BCUT2D eigenvalue weighted by molar-refractivity contribution is 5.96. The number of anilines is 1. The van der Waals surface area contributed by atoms with Crippen LogP contribution in [0.15, 0.2) is 30.6 Å². The predicted octanol–water partition coefficient (Wildman–Crippen LogP) is 1.15. The Kier molecular flexibility index (Phi) is 6.43. The van der Waals surface area contributed by atoms with Crippen LogP contribution >= 0.6 is 0 Å². The van der Waals surface area contributed by atoms with E-state index in [4.69, 9.17) is 5.73 Å². The van der Waals surface area contributed by atoms with Crippen LogP contribution in [0.2, 0.25) is 0 Å². The van der Waals surface area contributed by atoms with E-state index in [9.17, 15) is 22.8 Å². The number of amides is 2. The van der Waals surface area contributed by atoms with E-state index < -0.39 is 17.6 Å². The quantitative estimate of drug-likeness (QED) is 0.463. The molecule has 2 unspecified atom stereocenters. The van der Waals surface area contributed by atoms with Crippen LogP contribution in [0.3, 0.4) is 0 Å². The van der Waals surface area contributed by atoms with Gasteiger partial charge in [-0.3, -0.25) is 14.5 Å². The highest BCUT2D eigenvalue weighted by atomic mass is 19.4. The molecule has 2 saturated heterocycles. The average molecular weight is 518 g/mol. The molecule has 4 heterocycles. The van der Waals surface area contributed by atoms with Crippen molar-refractivity contribution in [1.82, 2.24) is 34.8 Å². The molecule has 2 aliphatic rings.